The van der Waals surface area contributed by atoms with Gasteiger partial charge < -0.3 is 25.7 Å². The van der Waals surface area contributed by atoms with E-state index < -0.39 is 6.10 Å². The van der Waals surface area contributed by atoms with Crippen molar-refractivity contribution in [3.63, 3.8) is 0 Å². The summed E-state index contributed by atoms with van der Waals surface area (Å²) in [4.78, 5) is 13.4. The number of nitrogens with zero attached hydrogens (tertiary/aromatic N) is 6. The van der Waals surface area contributed by atoms with Crippen molar-refractivity contribution in [3.8, 4) is 28.8 Å². The Bertz CT molecular complexity index is 1270. The van der Waals surface area contributed by atoms with Crippen molar-refractivity contribution in [1.29, 1.82) is 0 Å². The summed E-state index contributed by atoms with van der Waals surface area (Å²) in [6.45, 7) is 4.41. The van der Waals surface area contributed by atoms with E-state index in [-0.39, 0.29) is 11.8 Å². The molecule has 0 unspecified atom stereocenters. The minimum absolute atomic E-state index is 0.153. The number of aromatic nitrogens is 4. The van der Waals surface area contributed by atoms with Crippen LogP contribution in [-0.4, -0.2) is 62.2 Å². The minimum Gasteiger partial charge on any atom is -0.507 e. The summed E-state index contributed by atoms with van der Waals surface area (Å²) >= 11 is 0. The van der Waals surface area contributed by atoms with Gasteiger partial charge in [0.1, 0.15) is 17.7 Å². The number of para-hydroxylation sites is 1. The second kappa shape index (κ2) is 9.76. The van der Waals surface area contributed by atoms with Gasteiger partial charge in [0.15, 0.2) is 5.82 Å². The lowest BCUT2D eigenvalue weighted by Crippen LogP contribution is -2.35. The van der Waals surface area contributed by atoms with Crippen LogP contribution in [0.15, 0.2) is 42.6 Å². The van der Waals surface area contributed by atoms with Crippen molar-refractivity contribution in [3.05, 3.63) is 48.4 Å². The zero-order chi connectivity index (χ0) is 24.4. The Morgan fingerprint density at radius 1 is 1.09 bits per heavy atom. The van der Waals surface area contributed by atoms with E-state index in [0.717, 1.165) is 43.9 Å². The summed E-state index contributed by atoms with van der Waals surface area (Å²) in [7, 11) is 0. The van der Waals surface area contributed by atoms with Crippen LogP contribution in [0.5, 0.6) is 5.75 Å². The molecule has 1 aromatic carbocycles. The molecule has 1 saturated carbocycles. The van der Waals surface area contributed by atoms with Crippen LogP contribution in [0.25, 0.3) is 11.3 Å². The molecule has 0 amide bonds. The molecule has 9 nitrogen and oxygen atoms in total. The highest BCUT2D eigenvalue weighted by Gasteiger charge is 2.28. The molecule has 1 saturated heterocycles. The molecule has 0 bridgehead atoms. The number of phenolic OH excluding ortho intramolecular Hbond substituents is 1. The molecular formula is C26H29N7O2. The number of aliphatic hydroxyl groups is 1. The molecule has 3 aromatic rings. The molecule has 180 valence electrons. The average molecular weight is 472 g/mol. The number of hydrogen-bond acceptors (Lipinski definition) is 9. The van der Waals surface area contributed by atoms with Crippen molar-refractivity contribution in [1.82, 2.24) is 20.2 Å². The first-order valence-corrected chi connectivity index (χ1v) is 12.0. The number of nitrogen functional groups attached to an aromatic ring is 1. The SMILES string of the molecule is C[C@@H]1CCN(c2cc(-c3ccccc3O)nnc2N)CCN1c1ccnc(C#C[C@@H](O)C2CC2)n1. The van der Waals surface area contributed by atoms with Gasteiger partial charge in [-0.2, -0.15) is 0 Å². The third kappa shape index (κ3) is 5.12. The van der Waals surface area contributed by atoms with E-state index in [9.17, 15) is 10.2 Å². The summed E-state index contributed by atoms with van der Waals surface area (Å²) in [5, 5.41) is 28.6. The van der Waals surface area contributed by atoms with Crippen LogP contribution in [0.4, 0.5) is 17.3 Å². The third-order valence-corrected chi connectivity index (χ3v) is 6.62. The number of aliphatic hydroxyl groups excluding tert-OH is 1. The first-order chi connectivity index (χ1) is 17.0. The van der Waals surface area contributed by atoms with E-state index in [1.165, 1.54) is 0 Å². The van der Waals surface area contributed by atoms with Gasteiger partial charge in [0.2, 0.25) is 5.82 Å². The Hall–Kier alpha value is -3.90. The molecule has 5 rings (SSSR count). The maximum Gasteiger partial charge on any atom is 0.206 e. The zero-order valence-corrected chi connectivity index (χ0v) is 19.7. The number of nitrogens with two attached hydrogens (primary N) is 1. The van der Waals surface area contributed by atoms with Crippen molar-refractivity contribution < 1.29 is 10.2 Å². The Kier molecular flexibility index (Phi) is 6.38. The predicted molar refractivity (Wildman–Crippen MR) is 135 cm³/mol. The lowest BCUT2D eigenvalue weighted by atomic mass is 10.1. The normalized spacial score (nSPS) is 19.0. The zero-order valence-electron chi connectivity index (χ0n) is 19.7. The van der Waals surface area contributed by atoms with Gasteiger partial charge in [0, 0.05) is 37.4 Å². The maximum absolute atomic E-state index is 10.2. The Balaban J connectivity index is 1.35. The molecule has 3 heterocycles. The fourth-order valence-electron chi connectivity index (χ4n) is 4.34. The molecule has 4 N–H and O–H groups in total. The van der Waals surface area contributed by atoms with E-state index in [4.69, 9.17) is 5.73 Å². The van der Waals surface area contributed by atoms with Gasteiger partial charge in [-0.3, -0.25) is 0 Å². The molecule has 0 spiro atoms. The molecule has 2 atom stereocenters. The second-order valence-electron chi connectivity index (χ2n) is 9.13. The van der Waals surface area contributed by atoms with Gasteiger partial charge in [-0.05, 0) is 62.3 Å². The Morgan fingerprint density at radius 2 is 1.91 bits per heavy atom. The van der Waals surface area contributed by atoms with Gasteiger partial charge in [0.05, 0.1) is 11.4 Å². The molecule has 9 heteroatoms. The van der Waals surface area contributed by atoms with Crippen LogP contribution in [0.3, 0.4) is 0 Å². The number of rotatable bonds is 4. The van der Waals surface area contributed by atoms with Crippen molar-refractivity contribution >= 4 is 17.3 Å². The van der Waals surface area contributed by atoms with Gasteiger partial charge in [-0.15, -0.1) is 10.2 Å². The van der Waals surface area contributed by atoms with Gasteiger partial charge in [-0.1, -0.05) is 18.1 Å². The highest BCUT2D eigenvalue weighted by molar-refractivity contribution is 5.74. The van der Waals surface area contributed by atoms with E-state index in [2.05, 4.69) is 48.7 Å². The molecular weight excluding hydrogens is 442 g/mol. The first-order valence-electron chi connectivity index (χ1n) is 12.0. The van der Waals surface area contributed by atoms with Gasteiger partial charge in [0.25, 0.3) is 0 Å². The monoisotopic (exact) mass is 471 g/mol. The molecule has 2 aromatic heterocycles. The lowest BCUT2D eigenvalue weighted by Gasteiger charge is -2.28. The number of anilines is 3. The number of benzene rings is 1. The van der Waals surface area contributed by atoms with E-state index in [1.54, 1.807) is 18.3 Å². The Morgan fingerprint density at radius 3 is 2.71 bits per heavy atom. The minimum atomic E-state index is -0.602. The van der Waals surface area contributed by atoms with E-state index >= 15 is 0 Å². The Labute approximate surface area is 204 Å². The number of aromatic hydroxyl groups is 1. The van der Waals surface area contributed by atoms with E-state index in [0.29, 0.717) is 35.4 Å². The van der Waals surface area contributed by atoms with Crippen LogP contribution in [0, 0.1) is 17.8 Å². The van der Waals surface area contributed by atoms with Crippen LogP contribution in [-0.2, 0) is 0 Å². The number of phenols is 1. The van der Waals surface area contributed by atoms with E-state index in [1.807, 2.05) is 24.3 Å². The first kappa shape index (κ1) is 22.9. The average Bonchev–Trinajstić information content (AvgIpc) is 3.72. The topological polar surface area (TPSA) is 125 Å². The summed E-state index contributed by atoms with van der Waals surface area (Å²) < 4.78 is 0. The molecule has 1 aliphatic carbocycles. The van der Waals surface area contributed by atoms with Crippen molar-refractivity contribution in [2.45, 2.75) is 38.3 Å². The molecule has 1 aliphatic heterocycles. The smallest absolute Gasteiger partial charge is 0.206 e. The molecule has 35 heavy (non-hydrogen) atoms. The summed E-state index contributed by atoms with van der Waals surface area (Å²) in [5.41, 5.74) is 8.22. The maximum atomic E-state index is 10.2. The fraction of sp³-hybridized carbons (Fsp3) is 0.385. The third-order valence-electron chi connectivity index (χ3n) is 6.62. The van der Waals surface area contributed by atoms with Crippen LogP contribution in [0.1, 0.15) is 32.0 Å². The highest BCUT2D eigenvalue weighted by Crippen LogP contribution is 2.33. The highest BCUT2D eigenvalue weighted by atomic mass is 16.3. The summed E-state index contributed by atoms with van der Waals surface area (Å²) in [5.74, 6) is 7.86. The van der Waals surface area contributed by atoms with Crippen LogP contribution >= 0.6 is 0 Å². The molecule has 2 aliphatic rings. The van der Waals surface area contributed by atoms with Gasteiger partial charge in [-0.25, -0.2) is 9.97 Å². The van der Waals surface area contributed by atoms with Gasteiger partial charge >= 0.3 is 0 Å². The van der Waals surface area contributed by atoms with Crippen molar-refractivity contribution in [2.75, 3.05) is 35.2 Å². The second-order valence-corrected chi connectivity index (χ2v) is 9.13. The molecule has 2 fully saturated rings. The molecule has 0 radical (unpaired) electrons. The fourth-order valence-corrected chi connectivity index (χ4v) is 4.34. The summed E-state index contributed by atoms with van der Waals surface area (Å²) in [6.07, 6.45) is 4.07. The van der Waals surface area contributed by atoms with Crippen LogP contribution < -0.4 is 15.5 Å². The van der Waals surface area contributed by atoms with Crippen molar-refractivity contribution in [2.24, 2.45) is 5.92 Å². The quantitative estimate of drug-likeness (QED) is 0.492. The standard InChI is InChI=1S/C26H29N7O2/c1-17-11-13-32(21-16-20(30-31-26(21)27)19-4-2-3-5-23(19)35)14-15-33(17)25-10-12-28-24(29-25)9-8-22(34)18-6-7-18/h2-5,10,12,16-18,22,34-35H,6-7,11,13-15H2,1H3,(H2,27,31)/t17-,22-/m1/s1. The predicted octanol–water partition coefficient (Wildman–Crippen LogP) is 2.45. The largest absolute Gasteiger partial charge is 0.507 e. The number of hydrogen-bond donors (Lipinski definition) is 3. The lowest BCUT2D eigenvalue weighted by molar-refractivity contribution is 0.209. The van der Waals surface area contributed by atoms with Crippen LogP contribution in [0.2, 0.25) is 0 Å². The summed E-state index contributed by atoms with van der Waals surface area (Å²) in [6, 6.07) is 11.1.